The van der Waals surface area contributed by atoms with E-state index in [-0.39, 0.29) is 18.1 Å². The first kappa shape index (κ1) is 24.0. The first-order valence-corrected chi connectivity index (χ1v) is 12.1. The zero-order chi connectivity index (χ0) is 25.6. The van der Waals surface area contributed by atoms with E-state index in [1.165, 1.54) is 35.0 Å². The van der Waals surface area contributed by atoms with E-state index >= 15 is 0 Å². The van der Waals surface area contributed by atoms with Crippen LogP contribution in [-0.2, 0) is 11.3 Å². The monoisotopic (exact) mass is 508 g/mol. The van der Waals surface area contributed by atoms with Crippen LogP contribution < -0.4 is 0 Å². The molecular weight excluding hydrogens is 488 g/mol. The minimum atomic E-state index is -0.461. The quantitative estimate of drug-likeness (QED) is 0.125. The predicted molar refractivity (Wildman–Crippen MR) is 145 cm³/mol. The number of benzene rings is 3. The maximum absolute atomic E-state index is 13.3. The van der Waals surface area contributed by atoms with E-state index in [1.54, 1.807) is 30.5 Å². The van der Waals surface area contributed by atoms with E-state index in [2.05, 4.69) is 22.3 Å². The van der Waals surface area contributed by atoms with Gasteiger partial charge in [-0.25, -0.2) is 0 Å². The first-order chi connectivity index (χ1) is 18.1. The molecule has 1 amide bonds. The van der Waals surface area contributed by atoms with Crippen molar-refractivity contribution >= 4 is 40.8 Å². The summed E-state index contributed by atoms with van der Waals surface area (Å²) < 4.78 is 5.43. The standard InChI is InChI=1S/C28H20N4O4S/c33-27-26(17-20-8-12-23(13-9-20)22-5-2-1-3-6-22)37-28(31(27)19-25-7-4-16-36-25)30-29-18-21-10-14-24(15-11-21)32(34)35/h1-18H,19H2/b26-17-,29-18-,30-28+. The molecule has 0 radical (unpaired) electrons. The summed E-state index contributed by atoms with van der Waals surface area (Å²) in [4.78, 5) is 25.7. The van der Waals surface area contributed by atoms with Crippen molar-refractivity contribution in [3.63, 3.8) is 0 Å². The van der Waals surface area contributed by atoms with E-state index in [1.807, 2.05) is 48.5 Å². The number of amides is 1. The van der Waals surface area contributed by atoms with Crippen molar-refractivity contribution in [3.05, 3.63) is 129 Å². The van der Waals surface area contributed by atoms with E-state index < -0.39 is 4.92 Å². The number of hydrogen-bond acceptors (Lipinski definition) is 7. The number of thioether (sulfide) groups is 1. The van der Waals surface area contributed by atoms with Gasteiger partial charge in [-0.05, 0) is 64.4 Å². The molecule has 0 aliphatic carbocycles. The molecule has 37 heavy (non-hydrogen) atoms. The maximum Gasteiger partial charge on any atom is 0.269 e. The second-order valence-electron chi connectivity index (χ2n) is 8.05. The van der Waals surface area contributed by atoms with Gasteiger partial charge in [-0.1, -0.05) is 54.6 Å². The molecule has 0 atom stereocenters. The number of hydrogen-bond donors (Lipinski definition) is 0. The van der Waals surface area contributed by atoms with E-state index in [4.69, 9.17) is 4.42 Å². The molecule has 2 heterocycles. The lowest BCUT2D eigenvalue weighted by atomic mass is 10.0. The topological polar surface area (TPSA) is 101 Å². The van der Waals surface area contributed by atoms with Crippen LogP contribution in [0.3, 0.4) is 0 Å². The molecule has 182 valence electrons. The molecule has 8 nitrogen and oxygen atoms in total. The number of nitrogens with zero attached hydrogens (tertiary/aromatic N) is 4. The Kier molecular flexibility index (Phi) is 7.05. The average molecular weight is 509 g/mol. The molecule has 0 bridgehead atoms. The van der Waals surface area contributed by atoms with Gasteiger partial charge >= 0.3 is 0 Å². The molecule has 1 fully saturated rings. The average Bonchev–Trinajstić information content (AvgIpc) is 3.54. The Balaban J connectivity index is 1.38. The van der Waals surface area contributed by atoms with Crippen LogP contribution in [0.15, 0.2) is 117 Å². The summed E-state index contributed by atoms with van der Waals surface area (Å²) in [5.41, 5.74) is 3.75. The minimum Gasteiger partial charge on any atom is -0.467 e. The van der Waals surface area contributed by atoms with Crippen LogP contribution in [0.2, 0.25) is 0 Å². The van der Waals surface area contributed by atoms with E-state index in [0.29, 0.717) is 21.4 Å². The summed E-state index contributed by atoms with van der Waals surface area (Å²) in [6.07, 6.45) is 4.87. The molecule has 0 saturated carbocycles. The molecule has 1 aromatic heterocycles. The lowest BCUT2D eigenvalue weighted by Crippen LogP contribution is -2.28. The van der Waals surface area contributed by atoms with Gasteiger partial charge in [-0.3, -0.25) is 19.8 Å². The number of rotatable bonds is 7. The van der Waals surface area contributed by atoms with Crippen molar-refractivity contribution in [3.8, 4) is 11.1 Å². The SMILES string of the molecule is O=C1/C(=C/c2ccc(-c3ccccc3)cc2)S/C(=N/N=C\c2ccc([N+](=O)[O-])cc2)N1Cc1ccco1. The van der Waals surface area contributed by atoms with Gasteiger partial charge in [0.2, 0.25) is 0 Å². The highest BCUT2D eigenvalue weighted by atomic mass is 32.2. The lowest BCUT2D eigenvalue weighted by molar-refractivity contribution is -0.384. The lowest BCUT2D eigenvalue weighted by Gasteiger charge is -2.12. The third-order valence-electron chi connectivity index (χ3n) is 5.55. The number of nitro benzene ring substituents is 1. The zero-order valence-electron chi connectivity index (χ0n) is 19.4. The summed E-state index contributed by atoms with van der Waals surface area (Å²) in [5, 5.41) is 19.6. The summed E-state index contributed by atoms with van der Waals surface area (Å²) in [6, 6.07) is 27.6. The van der Waals surface area contributed by atoms with Crippen molar-refractivity contribution in [2.45, 2.75) is 6.54 Å². The molecule has 0 N–H and O–H groups in total. The largest absolute Gasteiger partial charge is 0.467 e. The predicted octanol–water partition coefficient (Wildman–Crippen LogP) is 6.36. The summed E-state index contributed by atoms with van der Waals surface area (Å²) in [5.74, 6) is 0.423. The molecule has 1 aliphatic rings. The Morgan fingerprint density at radius 3 is 2.27 bits per heavy atom. The van der Waals surface area contributed by atoms with Crippen LogP contribution in [-0.4, -0.2) is 27.1 Å². The fourth-order valence-corrected chi connectivity index (χ4v) is 4.60. The molecule has 0 spiro atoms. The highest BCUT2D eigenvalue weighted by Crippen LogP contribution is 2.34. The molecule has 5 rings (SSSR count). The van der Waals surface area contributed by atoms with Crippen LogP contribution in [0, 0.1) is 10.1 Å². The van der Waals surface area contributed by atoms with Crippen molar-refractivity contribution in [2.75, 3.05) is 0 Å². The van der Waals surface area contributed by atoms with Gasteiger partial charge in [0, 0.05) is 12.1 Å². The summed E-state index contributed by atoms with van der Waals surface area (Å²) >= 11 is 1.23. The van der Waals surface area contributed by atoms with Gasteiger partial charge in [-0.15, -0.1) is 5.10 Å². The van der Waals surface area contributed by atoms with Crippen LogP contribution in [0.4, 0.5) is 5.69 Å². The Labute approximate surface area is 216 Å². The van der Waals surface area contributed by atoms with Crippen molar-refractivity contribution in [2.24, 2.45) is 10.2 Å². The molecule has 3 aromatic carbocycles. The molecular formula is C28H20N4O4S. The highest BCUT2D eigenvalue weighted by Gasteiger charge is 2.34. The Morgan fingerprint density at radius 2 is 1.59 bits per heavy atom. The van der Waals surface area contributed by atoms with Crippen LogP contribution in [0.5, 0.6) is 0 Å². The molecule has 1 saturated heterocycles. The number of nitro groups is 1. The summed E-state index contributed by atoms with van der Waals surface area (Å²) in [7, 11) is 0. The fraction of sp³-hybridized carbons (Fsp3) is 0.0357. The molecule has 0 unspecified atom stereocenters. The normalized spacial score (nSPS) is 15.8. The third-order valence-corrected chi connectivity index (χ3v) is 6.55. The van der Waals surface area contributed by atoms with Gasteiger partial charge in [0.1, 0.15) is 5.76 Å². The highest BCUT2D eigenvalue weighted by molar-refractivity contribution is 8.18. The smallest absolute Gasteiger partial charge is 0.269 e. The number of carbonyl (C=O) groups is 1. The van der Waals surface area contributed by atoms with E-state index in [9.17, 15) is 14.9 Å². The number of amidine groups is 1. The van der Waals surface area contributed by atoms with Crippen LogP contribution in [0.1, 0.15) is 16.9 Å². The Hall–Kier alpha value is -4.76. The first-order valence-electron chi connectivity index (χ1n) is 11.3. The molecule has 9 heteroatoms. The van der Waals surface area contributed by atoms with Gasteiger partial charge in [0.05, 0.1) is 28.9 Å². The second-order valence-corrected chi connectivity index (χ2v) is 9.05. The van der Waals surface area contributed by atoms with Gasteiger partial charge in [0.25, 0.3) is 11.6 Å². The Bertz CT molecular complexity index is 1490. The second kappa shape index (κ2) is 10.9. The minimum absolute atomic E-state index is 0.00314. The summed E-state index contributed by atoms with van der Waals surface area (Å²) in [6.45, 7) is 0.217. The third kappa shape index (κ3) is 5.74. The van der Waals surface area contributed by atoms with Crippen molar-refractivity contribution in [1.82, 2.24) is 4.90 Å². The molecule has 4 aromatic rings. The fourth-order valence-electron chi connectivity index (χ4n) is 3.66. The van der Waals surface area contributed by atoms with Gasteiger partial charge in [0.15, 0.2) is 5.17 Å². The number of furan rings is 1. The van der Waals surface area contributed by atoms with Crippen LogP contribution in [0.25, 0.3) is 17.2 Å². The Morgan fingerprint density at radius 1 is 0.892 bits per heavy atom. The van der Waals surface area contributed by atoms with Crippen molar-refractivity contribution < 1.29 is 14.1 Å². The number of non-ortho nitro benzene ring substituents is 1. The van der Waals surface area contributed by atoms with E-state index in [0.717, 1.165) is 16.7 Å². The number of carbonyl (C=O) groups excluding carboxylic acids is 1. The van der Waals surface area contributed by atoms with Crippen molar-refractivity contribution in [1.29, 1.82) is 0 Å². The zero-order valence-corrected chi connectivity index (χ0v) is 20.2. The van der Waals surface area contributed by atoms with Crippen LogP contribution >= 0.6 is 11.8 Å². The molecule has 1 aliphatic heterocycles. The van der Waals surface area contributed by atoms with Gasteiger partial charge in [-0.2, -0.15) is 5.10 Å². The van der Waals surface area contributed by atoms with Gasteiger partial charge < -0.3 is 4.42 Å². The maximum atomic E-state index is 13.3.